The van der Waals surface area contributed by atoms with Crippen LogP contribution in [-0.2, 0) is 9.59 Å². The standard InChI is InChI=1S/C21H20N2O4S/c1-2-11-23-20(26)18(28-21(23)22-16-8-4-3-5-9-16)13-15-7-6-10-17(12-15)27-14-19(24)25/h3-10,12-13H,2,11,14H2,1H3,(H,24,25)/p-1/b18-13+,22-21?. The van der Waals surface area contributed by atoms with Crippen LogP contribution in [0, 0.1) is 0 Å². The van der Waals surface area contributed by atoms with Crippen LogP contribution in [0.15, 0.2) is 64.5 Å². The van der Waals surface area contributed by atoms with E-state index in [1.807, 2.05) is 43.3 Å². The van der Waals surface area contributed by atoms with Gasteiger partial charge in [-0.3, -0.25) is 9.69 Å². The molecule has 1 amide bonds. The van der Waals surface area contributed by atoms with E-state index in [-0.39, 0.29) is 5.91 Å². The van der Waals surface area contributed by atoms with E-state index in [0.29, 0.717) is 22.4 Å². The van der Waals surface area contributed by atoms with Crippen LogP contribution >= 0.6 is 11.8 Å². The molecule has 0 radical (unpaired) electrons. The molecule has 2 aromatic carbocycles. The third kappa shape index (κ3) is 5.01. The monoisotopic (exact) mass is 395 g/mol. The normalized spacial score (nSPS) is 16.8. The number of aliphatic imine (C=N–C) groups is 1. The Balaban J connectivity index is 1.86. The highest BCUT2D eigenvalue weighted by molar-refractivity contribution is 8.18. The number of benzene rings is 2. The number of amides is 1. The summed E-state index contributed by atoms with van der Waals surface area (Å²) < 4.78 is 5.14. The first-order chi connectivity index (χ1) is 13.6. The van der Waals surface area contributed by atoms with Crippen LogP contribution in [0.2, 0.25) is 0 Å². The maximum Gasteiger partial charge on any atom is 0.266 e. The molecule has 0 unspecified atom stereocenters. The largest absolute Gasteiger partial charge is 0.546 e. The van der Waals surface area contributed by atoms with Crippen molar-refractivity contribution in [2.45, 2.75) is 13.3 Å². The van der Waals surface area contributed by atoms with Crippen molar-refractivity contribution >= 4 is 40.6 Å². The van der Waals surface area contributed by atoms with Crippen LogP contribution in [-0.4, -0.2) is 35.1 Å². The Morgan fingerprint density at radius 3 is 2.71 bits per heavy atom. The second kappa shape index (κ2) is 9.23. The van der Waals surface area contributed by atoms with Gasteiger partial charge in [0.25, 0.3) is 5.91 Å². The van der Waals surface area contributed by atoms with Crippen molar-refractivity contribution in [1.29, 1.82) is 0 Å². The number of carbonyl (C=O) groups is 2. The number of ether oxygens (including phenoxy) is 1. The molecule has 0 atom stereocenters. The first kappa shape index (κ1) is 19.7. The van der Waals surface area contributed by atoms with Crippen molar-refractivity contribution in [3.63, 3.8) is 0 Å². The number of nitrogens with zero attached hydrogens (tertiary/aromatic N) is 2. The molecular formula is C21H19N2O4S-. The van der Waals surface area contributed by atoms with E-state index >= 15 is 0 Å². The molecule has 0 N–H and O–H groups in total. The lowest BCUT2D eigenvalue weighted by Gasteiger charge is -2.13. The summed E-state index contributed by atoms with van der Waals surface area (Å²) in [6.07, 6.45) is 2.58. The number of hydrogen-bond acceptors (Lipinski definition) is 6. The van der Waals surface area contributed by atoms with Gasteiger partial charge >= 0.3 is 0 Å². The molecule has 0 bridgehead atoms. The van der Waals surface area contributed by atoms with E-state index in [9.17, 15) is 14.7 Å². The smallest absolute Gasteiger partial charge is 0.266 e. The Kier molecular flexibility index (Phi) is 6.49. The Labute approximate surface area is 167 Å². The van der Waals surface area contributed by atoms with Crippen LogP contribution in [0.4, 0.5) is 5.69 Å². The molecule has 1 aliphatic rings. The molecule has 28 heavy (non-hydrogen) atoms. The average molecular weight is 395 g/mol. The summed E-state index contributed by atoms with van der Waals surface area (Å²) in [4.78, 5) is 30.2. The zero-order chi connectivity index (χ0) is 19.9. The van der Waals surface area contributed by atoms with Crippen molar-refractivity contribution in [3.8, 4) is 5.75 Å². The van der Waals surface area contributed by atoms with Crippen molar-refractivity contribution in [2.75, 3.05) is 13.2 Å². The van der Waals surface area contributed by atoms with Gasteiger partial charge < -0.3 is 14.6 Å². The molecule has 144 valence electrons. The first-order valence-electron chi connectivity index (χ1n) is 8.84. The summed E-state index contributed by atoms with van der Waals surface area (Å²) in [5.41, 5.74) is 1.53. The molecule has 1 aliphatic heterocycles. The molecule has 0 spiro atoms. The van der Waals surface area contributed by atoms with Crippen molar-refractivity contribution in [3.05, 3.63) is 65.1 Å². The molecule has 3 rings (SSSR count). The molecule has 6 nitrogen and oxygen atoms in total. The third-order valence-corrected chi connectivity index (χ3v) is 4.84. The number of thioether (sulfide) groups is 1. The fourth-order valence-corrected chi connectivity index (χ4v) is 3.64. The fourth-order valence-electron chi connectivity index (χ4n) is 2.61. The Morgan fingerprint density at radius 1 is 1.21 bits per heavy atom. The second-order valence-electron chi connectivity index (χ2n) is 6.03. The minimum Gasteiger partial charge on any atom is -0.546 e. The first-order valence-corrected chi connectivity index (χ1v) is 9.66. The molecular weight excluding hydrogens is 376 g/mol. The van der Waals surface area contributed by atoms with Gasteiger partial charge in [0.05, 0.1) is 16.6 Å². The summed E-state index contributed by atoms with van der Waals surface area (Å²) in [5.74, 6) is -0.984. The Morgan fingerprint density at radius 2 is 2.00 bits per heavy atom. The van der Waals surface area contributed by atoms with Gasteiger partial charge in [0.2, 0.25) is 0 Å². The SMILES string of the molecule is CCCN1C(=O)/C(=C\c2cccc(OCC(=O)[O-])c2)SC1=Nc1ccccc1. The van der Waals surface area contributed by atoms with Gasteiger partial charge in [0.1, 0.15) is 12.4 Å². The number of amidine groups is 1. The second-order valence-corrected chi connectivity index (χ2v) is 7.04. The average Bonchev–Trinajstić information content (AvgIpc) is 2.97. The minimum atomic E-state index is -1.29. The van der Waals surface area contributed by atoms with Gasteiger partial charge in [0.15, 0.2) is 5.17 Å². The predicted molar refractivity (Wildman–Crippen MR) is 108 cm³/mol. The van der Waals surface area contributed by atoms with Crippen molar-refractivity contribution in [2.24, 2.45) is 4.99 Å². The maximum atomic E-state index is 12.8. The van der Waals surface area contributed by atoms with Crippen LogP contribution in [0.5, 0.6) is 5.75 Å². The molecule has 1 saturated heterocycles. The number of carboxylic acids is 1. The molecule has 0 aliphatic carbocycles. The number of carboxylic acid groups (broad SMARTS) is 1. The van der Waals surface area contributed by atoms with E-state index in [4.69, 9.17) is 4.74 Å². The van der Waals surface area contributed by atoms with E-state index in [0.717, 1.165) is 17.7 Å². The maximum absolute atomic E-state index is 12.8. The number of carbonyl (C=O) groups excluding carboxylic acids is 2. The highest BCUT2D eigenvalue weighted by Crippen LogP contribution is 2.34. The summed E-state index contributed by atoms with van der Waals surface area (Å²) >= 11 is 1.32. The summed E-state index contributed by atoms with van der Waals surface area (Å²) in [6, 6.07) is 16.4. The quantitative estimate of drug-likeness (QED) is 0.674. The van der Waals surface area contributed by atoms with Gasteiger partial charge in [0, 0.05) is 6.54 Å². The number of hydrogen-bond donors (Lipinski definition) is 0. The third-order valence-electron chi connectivity index (χ3n) is 3.83. The van der Waals surface area contributed by atoms with Gasteiger partial charge in [-0.05, 0) is 54.1 Å². The predicted octanol–water partition coefficient (Wildman–Crippen LogP) is 2.83. The molecule has 0 saturated carbocycles. The zero-order valence-corrected chi connectivity index (χ0v) is 16.1. The molecule has 1 fully saturated rings. The van der Waals surface area contributed by atoms with Gasteiger partial charge in [-0.1, -0.05) is 37.3 Å². The van der Waals surface area contributed by atoms with Crippen molar-refractivity contribution < 1.29 is 19.4 Å². The molecule has 2 aromatic rings. The van der Waals surface area contributed by atoms with E-state index in [1.165, 1.54) is 11.8 Å². The van der Waals surface area contributed by atoms with Gasteiger partial charge in [-0.25, -0.2) is 4.99 Å². The molecule has 1 heterocycles. The highest BCUT2D eigenvalue weighted by atomic mass is 32.2. The number of aliphatic carboxylic acids is 1. The number of para-hydroxylation sites is 1. The minimum absolute atomic E-state index is 0.0948. The number of rotatable bonds is 7. The summed E-state index contributed by atoms with van der Waals surface area (Å²) in [6.45, 7) is 2.08. The van der Waals surface area contributed by atoms with E-state index in [1.54, 1.807) is 29.2 Å². The lowest BCUT2D eigenvalue weighted by atomic mass is 10.2. The van der Waals surface area contributed by atoms with Crippen LogP contribution in [0.1, 0.15) is 18.9 Å². The Hall–Kier alpha value is -3.06. The van der Waals surface area contributed by atoms with Gasteiger partial charge in [-0.15, -0.1) is 0 Å². The Bertz CT molecular complexity index is 925. The van der Waals surface area contributed by atoms with Crippen LogP contribution in [0.3, 0.4) is 0 Å². The fraction of sp³-hybridized carbons (Fsp3) is 0.190. The zero-order valence-electron chi connectivity index (χ0n) is 15.3. The van der Waals surface area contributed by atoms with Crippen LogP contribution < -0.4 is 9.84 Å². The molecule has 7 heteroatoms. The molecule has 0 aromatic heterocycles. The lowest BCUT2D eigenvalue weighted by Crippen LogP contribution is -2.29. The van der Waals surface area contributed by atoms with E-state index in [2.05, 4.69) is 4.99 Å². The van der Waals surface area contributed by atoms with Gasteiger partial charge in [-0.2, -0.15) is 0 Å². The van der Waals surface area contributed by atoms with E-state index < -0.39 is 12.6 Å². The summed E-state index contributed by atoms with van der Waals surface area (Å²) in [7, 11) is 0. The van der Waals surface area contributed by atoms with Crippen molar-refractivity contribution in [1.82, 2.24) is 4.90 Å². The summed E-state index contributed by atoms with van der Waals surface area (Å²) in [5, 5.41) is 11.2. The lowest BCUT2D eigenvalue weighted by molar-refractivity contribution is -0.307. The van der Waals surface area contributed by atoms with Crippen LogP contribution in [0.25, 0.3) is 6.08 Å². The highest BCUT2D eigenvalue weighted by Gasteiger charge is 2.32. The topological polar surface area (TPSA) is 82.0 Å².